The molecule has 2 rings (SSSR count). The number of hydrogen-bond acceptors (Lipinski definition) is 5. The maximum absolute atomic E-state index is 12.4. The van der Waals surface area contributed by atoms with E-state index in [-0.39, 0.29) is 18.0 Å². The van der Waals surface area contributed by atoms with Crippen molar-refractivity contribution in [2.24, 2.45) is 5.73 Å². The van der Waals surface area contributed by atoms with Crippen molar-refractivity contribution in [3.8, 4) is 11.8 Å². The fourth-order valence-corrected chi connectivity index (χ4v) is 3.67. The van der Waals surface area contributed by atoms with E-state index in [1.807, 2.05) is 6.92 Å². The summed E-state index contributed by atoms with van der Waals surface area (Å²) in [5.74, 6) is 5.45. The number of nitrogens with two attached hydrogens (primary N) is 1. The first-order chi connectivity index (χ1) is 10.0. The van der Waals surface area contributed by atoms with E-state index in [0.717, 1.165) is 9.88 Å². The number of nitrogens with one attached hydrogen (secondary N) is 1. The second-order valence-electron chi connectivity index (χ2n) is 4.17. The van der Waals surface area contributed by atoms with Gasteiger partial charge in [-0.3, -0.25) is 0 Å². The van der Waals surface area contributed by atoms with Crippen LogP contribution in [0.3, 0.4) is 0 Å². The van der Waals surface area contributed by atoms with Gasteiger partial charge in [-0.25, -0.2) is 18.1 Å². The third-order valence-corrected chi connectivity index (χ3v) is 4.98. The Kier molecular flexibility index (Phi) is 5.09. The molecule has 1 aromatic carbocycles. The molecule has 5 nitrogen and oxygen atoms in total. The zero-order valence-corrected chi connectivity index (χ0v) is 13.1. The molecule has 0 aliphatic carbocycles. The highest BCUT2D eigenvalue weighted by molar-refractivity contribution is 7.89. The average Bonchev–Trinajstić information content (AvgIpc) is 2.89. The van der Waals surface area contributed by atoms with Gasteiger partial charge in [0.05, 0.1) is 16.4 Å². The van der Waals surface area contributed by atoms with Crippen LogP contribution in [-0.2, 0) is 16.6 Å². The normalized spacial score (nSPS) is 11.0. The van der Waals surface area contributed by atoms with Gasteiger partial charge in [-0.1, -0.05) is 24.0 Å². The minimum atomic E-state index is -3.62. The van der Waals surface area contributed by atoms with Gasteiger partial charge in [-0.15, -0.1) is 11.3 Å². The van der Waals surface area contributed by atoms with Gasteiger partial charge < -0.3 is 5.73 Å². The minimum absolute atomic E-state index is 0.159. The standard InChI is InChI=1S/C14H15N3O2S2/c1-11-16-9-13(20-11)10-17-21(18,19)14-7-3-2-5-12(14)6-4-8-15/h2-3,5,7,9,17H,8,10,15H2,1H3. The monoisotopic (exact) mass is 321 g/mol. The van der Waals surface area contributed by atoms with E-state index in [0.29, 0.717) is 5.56 Å². The topological polar surface area (TPSA) is 85.1 Å². The van der Waals surface area contributed by atoms with Crippen molar-refractivity contribution in [2.45, 2.75) is 18.4 Å². The van der Waals surface area contributed by atoms with E-state index in [4.69, 9.17) is 5.73 Å². The van der Waals surface area contributed by atoms with Crippen molar-refractivity contribution in [1.82, 2.24) is 9.71 Å². The van der Waals surface area contributed by atoms with Crippen LogP contribution in [0, 0.1) is 18.8 Å². The largest absolute Gasteiger partial charge is 0.320 e. The molecule has 0 aliphatic rings. The lowest BCUT2D eigenvalue weighted by Gasteiger charge is -2.07. The molecule has 0 saturated carbocycles. The number of hydrogen-bond donors (Lipinski definition) is 2. The molecule has 0 bridgehead atoms. The fourth-order valence-electron chi connectivity index (χ4n) is 1.68. The lowest BCUT2D eigenvalue weighted by atomic mass is 10.2. The third kappa shape index (κ3) is 4.12. The van der Waals surface area contributed by atoms with Gasteiger partial charge in [0, 0.05) is 23.2 Å². The van der Waals surface area contributed by atoms with Crippen molar-refractivity contribution in [3.05, 3.63) is 45.9 Å². The Bertz CT molecular complexity index is 786. The zero-order valence-electron chi connectivity index (χ0n) is 11.5. The van der Waals surface area contributed by atoms with Crippen LogP contribution >= 0.6 is 11.3 Å². The van der Waals surface area contributed by atoms with Gasteiger partial charge in [-0.05, 0) is 19.1 Å². The molecule has 0 radical (unpaired) electrons. The van der Waals surface area contributed by atoms with E-state index in [2.05, 4.69) is 21.5 Å². The van der Waals surface area contributed by atoms with Crippen molar-refractivity contribution >= 4 is 21.4 Å². The quantitative estimate of drug-likeness (QED) is 0.830. The van der Waals surface area contributed by atoms with Crippen LogP contribution < -0.4 is 10.5 Å². The molecule has 0 atom stereocenters. The highest BCUT2D eigenvalue weighted by atomic mass is 32.2. The van der Waals surface area contributed by atoms with Gasteiger partial charge >= 0.3 is 0 Å². The summed E-state index contributed by atoms with van der Waals surface area (Å²) in [6.45, 7) is 2.27. The molecule has 7 heteroatoms. The van der Waals surface area contributed by atoms with Crippen LogP contribution in [0.25, 0.3) is 0 Å². The molecule has 0 aliphatic heterocycles. The van der Waals surface area contributed by atoms with Crippen molar-refractivity contribution < 1.29 is 8.42 Å². The van der Waals surface area contributed by atoms with Crippen molar-refractivity contribution in [1.29, 1.82) is 0 Å². The summed E-state index contributed by atoms with van der Waals surface area (Å²) in [7, 11) is -3.62. The zero-order chi connectivity index (χ0) is 15.3. The highest BCUT2D eigenvalue weighted by Gasteiger charge is 2.17. The first kappa shape index (κ1) is 15.7. The fraction of sp³-hybridized carbons (Fsp3) is 0.214. The smallest absolute Gasteiger partial charge is 0.242 e. The molecule has 1 heterocycles. The van der Waals surface area contributed by atoms with Crippen LogP contribution in [0.5, 0.6) is 0 Å². The Morgan fingerprint density at radius 3 is 2.81 bits per heavy atom. The third-order valence-electron chi connectivity index (χ3n) is 2.61. The second kappa shape index (κ2) is 6.83. The summed E-state index contributed by atoms with van der Waals surface area (Å²) in [5.41, 5.74) is 5.77. The SMILES string of the molecule is Cc1ncc(CNS(=O)(=O)c2ccccc2C#CCN)s1. The molecule has 2 aromatic rings. The van der Waals surface area contributed by atoms with Gasteiger partial charge in [0.15, 0.2) is 0 Å². The Morgan fingerprint density at radius 1 is 1.38 bits per heavy atom. The Hall–Kier alpha value is -1.72. The summed E-state index contributed by atoms with van der Waals surface area (Å²) in [4.78, 5) is 5.12. The van der Waals surface area contributed by atoms with E-state index in [1.54, 1.807) is 24.4 Å². The number of benzene rings is 1. The summed E-state index contributed by atoms with van der Waals surface area (Å²) in [5, 5.41) is 0.901. The predicted octanol–water partition coefficient (Wildman–Crippen LogP) is 1.24. The maximum Gasteiger partial charge on any atom is 0.242 e. The number of sulfonamides is 1. The number of nitrogens with zero attached hydrogens (tertiary/aromatic N) is 1. The molecular weight excluding hydrogens is 306 g/mol. The van der Waals surface area contributed by atoms with E-state index >= 15 is 0 Å². The average molecular weight is 321 g/mol. The second-order valence-corrected chi connectivity index (χ2v) is 7.23. The molecular formula is C14H15N3O2S2. The molecule has 0 amide bonds. The van der Waals surface area contributed by atoms with E-state index < -0.39 is 10.0 Å². The first-order valence-electron chi connectivity index (χ1n) is 6.22. The first-order valence-corrected chi connectivity index (χ1v) is 8.52. The minimum Gasteiger partial charge on any atom is -0.320 e. The van der Waals surface area contributed by atoms with Crippen LogP contribution in [-0.4, -0.2) is 19.9 Å². The lowest BCUT2D eigenvalue weighted by Crippen LogP contribution is -2.23. The number of aromatic nitrogens is 1. The summed E-state index contributed by atoms with van der Waals surface area (Å²) in [6.07, 6.45) is 1.67. The Labute approximate surface area is 128 Å². The summed E-state index contributed by atoms with van der Waals surface area (Å²) < 4.78 is 27.3. The summed E-state index contributed by atoms with van der Waals surface area (Å²) in [6, 6.07) is 6.60. The molecule has 0 saturated heterocycles. The maximum atomic E-state index is 12.4. The number of aryl methyl sites for hydroxylation is 1. The number of thiazole rings is 1. The van der Waals surface area contributed by atoms with Crippen LogP contribution in [0.15, 0.2) is 35.4 Å². The molecule has 0 unspecified atom stereocenters. The van der Waals surface area contributed by atoms with Crippen LogP contribution in [0.1, 0.15) is 15.4 Å². The van der Waals surface area contributed by atoms with Crippen molar-refractivity contribution in [3.63, 3.8) is 0 Å². The summed E-state index contributed by atoms with van der Waals surface area (Å²) >= 11 is 1.46. The van der Waals surface area contributed by atoms with Gasteiger partial charge in [0.25, 0.3) is 0 Å². The Morgan fingerprint density at radius 2 is 2.14 bits per heavy atom. The Balaban J connectivity index is 2.23. The molecule has 110 valence electrons. The molecule has 3 N–H and O–H groups in total. The lowest BCUT2D eigenvalue weighted by molar-refractivity contribution is 0.581. The van der Waals surface area contributed by atoms with Crippen LogP contribution in [0.4, 0.5) is 0 Å². The molecule has 21 heavy (non-hydrogen) atoms. The highest BCUT2D eigenvalue weighted by Crippen LogP contribution is 2.16. The molecule has 1 aromatic heterocycles. The number of rotatable bonds is 4. The van der Waals surface area contributed by atoms with Gasteiger partial charge in [0.1, 0.15) is 0 Å². The molecule has 0 spiro atoms. The van der Waals surface area contributed by atoms with Gasteiger partial charge in [0.2, 0.25) is 10.0 Å². The van der Waals surface area contributed by atoms with E-state index in [9.17, 15) is 8.42 Å². The predicted molar refractivity (Wildman–Crippen MR) is 83.3 cm³/mol. The van der Waals surface area contributed by atoms with Crippen molar-refractivity contribution in [2.75, 3.05) is 6.54 Å². The molecule has 0 fully saturated rings. The van der Waals surface area contributed by atoms with Gasteiger partial charge in [-0.2, -0.15) is 0 Å². The van der Waals surface area contributed by atoms with E-state index in [1.165, 1.54) is 17.4 Å². The van der Waals surface area contributed by atoms with Crippen LogP contribution in [0.2, 0.25) is 0 Å².